The summed E-state index contributed by atoms with van der Waals surface area (Å²) < 4.78 is 1.77. The fourth-order valence-corrected chi connectivity index (χ4v) is 4.17. The number of benzene rings is 3. The Bertz CT molecular complexity index is 1290. The zero-order valence-corrected chi connectivity index (χ0v) is 16.2. The van der Waals surface area contributed by atoms with Gasteiger partial charge in [0.25, 0.3) is 0 Å². The van der Waals surface area contributed by atoms with E-state index in [9.17, 15) is 4.79 Å². The van der Waals surface area contributed by atoms with Gasteiger partial charge in [-0.3, -0.25) is 4.79 Å². The Kier molecular flexibility index (Phi) is 4.46. The van der Waals surface area contributed by atoms with Gasteiger partial charge in [-0.15, -0.1) is 10.2 Å². The average molecular weight is 396 g/mol. The molecule has 2 aromatic heterocycles. The molecule has 140 valence electrons. The Morgan fingerprint density at radius 2 is 1.52 bits per heavy atom. The fraction of sp³-hybridized carbons (Fsp3) is 0.0435. The number of hydrogen-bond acceptors (Lipinski definition) is 5. The Labute approximate surface area is 171 Å². The Morgan fingerprint density at radius 1 is 0.828 bits per heavy atom. The molecule has 0 aliphatic rings. The van der Waals surface area contributed by atoms with Gasteiger partial charge in [-0.2, -0.15) is 9.61 Å². The van der Waals surface area contributed by atoms with Crippen LogP contribution in [0.5, 0.6) is 0 Å². The van der Waals surface area contributed by atoms with Crippen molar-refractivity contribution in [3.63, 3.8) is 0 Å². The molecule has 0 fully saturated rings. The molecule has 0 aliphatic heterocycles. The van der Waals surface area contributed by atoms with Crippen LogP contribution in [0.1, 0.15) is 27.3 Å². The van der Waals surface area contributed by atoms with E-state index in [0.29, 0.717) is 22.5 Å². The van der Waals surface area contributed by atoms with Gasteiger partial charge in [0, 0.05) is 23.1 Å². The van der Waals surface area contributed by atoms with Crippen LogP contribution in [0.4, 0.5) is 0 Å². The molecule has 2 heterocycles. The van der Waals surface area contributed by atoms with Crippen molar-refractivity contribution in [3.8, 4) is 10.6 Å². The molecule has 29 heavy (non-hydrogen) atoms. The second kappa shape index (κ2) is 7.41. The van der Waals surface area contributed by atoms with E-state index in [1.165, 1.54) is 11.3 Å². The number of rotatable bonds is 5. The summed E-state index contributed by atoms with van der Waals surface area (Å²) in [7, 11) is 0. The Hall–Kier alpha value is -3.64. The summed E-state index contributed by atoms with van der Waals surface area (Å²) in [5.74, 6) is 0.761. The molecule has 6 heteroatoms. The van der Waals surface area contributed by atoms with Crippen molar-refractivity contribution in [1.82, 2.24) is 19.8 Å². The van der Waals surface area contributed by atoms with Gasteiger partial charge in [0.05, 0.1) is 0 Å². The van der Waals surface area contributed by atoms with E-state index in [1.807, 2.05) is 72.8 Å². The molecule has 5 nitrogen and oxygen atoms in total. The predicted octanol–water partition coefficient (Wildman–Crippen LogP) is 4.67. The highest BCUT2D eigenvalue weighted by molar-refractivity contribution is 7.19. The molecule has 0 N–H and O–H groups in total. The van der Waals surface area contributed by atoms with E-state index in [4.69, 9.17) is 5.10 Å². The molecule has 0 bridgehead atoms. The second-order valence-corrected chi connectivity index (χ2v) is 7.58. The Balaban J connectivity index is 1.55. The van der Waals surface area contributed by atoms with Crippen molar-refractivity contribution in [2.45, 2.75) is 6.42 Å². The third kappa shape index (κ3) is 3.34. The molecule has 0 spiro atoms. The highest BCUT2D eigenvalue weighted by Gasteiger charge is 2.19. The Morgan fingerprint density at radius 3 is 2.31 bits per heavy atom. The summed E-state index contributed by atoms with van der Waals surface area (Å²) in [6.07, 6.45) is 0.649. The van der Waals surface area contributed by atoms with Gasteiger partial charge in [-0.25, -0.2) is 0 Å². The number of hydrogen-bond donors (Lipinski definition) is 0. The van der Waals surface area contributed by atoms with Crippen molar-refractivity contribution in [3.05, 3.63) is 107 Å². The van der Waals surface area contributed by atoms with Gasteiger partial charge in [0.1, 0.15) is 5.01 Å². The largest absolute Gasteiger partial charge is 0.289 e. The van der Waals surface area contributed by atoms with Gasteiger partial charge in [-0.05, 0) is 5.56 Å². The number of aromatic nitrogens is 4. The highest BCUT2D eigenvalue weighted by atomic mass is 32.1. The van der Waals surface area contributed by atoms with Crippen LogP contribution >= 0.6 is 11.3 Å². The molecular formula is C23H16N4OS. The molecule has 0 unspecified atom stereocenters. The molecule has 5 aromatic rings. The standard InChI is InChI=1S/C23H16N4OS/c28-21(17-11-5-2-6-12-17)18-13-7-8-14-19(18)22-26-27-20(24-25-23(27)29-22)15-16-9-3-1-4-10-16/h1-14H,15H2. The molecule has 0 radical (unpaired) electrons. The van der Waals surface area contributed by atoms with Crippen LogP contribution in [0, 0.1) is 0 Å². The lowest BCUT2D eigenvalue weighted by Gasteiger charge is -2.06. The van der Waals surface area contributed by atoms with Crippen LogP contribution in [-0.2, 0) is 6.42 Å². The SMILES string of the molecule is O=C(c1ccccc1)c1ccccc1-c1nn2c(Cc3ccccc3)nnc2s1. The summed E-state index contributed by atoms with van der Waals surface area (Å²) in [6.45, 7) is 0. The van der Waals surface area contributed by atoms with Crippen LogP contribution in [0.15, 0.2) is 84.9 Å². The number of nitrogens with zero attached hydrogens (tertiary/aromatic N) is 4. The number of carbonyl (C=O) groups excluding carboxylic acids is 1. The quantitative estimate of drug-likeness (QED) is 0.405. The summed E-state index contributed by atoms with van der Waals surface area (Å²) in [6, 6.07) is 27.0. The predicted molar refractivity (Wildman–Crippen MR) is 113 cm³/mol. The van der Waals surface area contributed by atoms with Gasteiger partial charge in [0.2, 0.25) is 4.96 Å². The first-order valence-corrected chi connectivity index (χ1v) is 10.1. The van der Waals surface area contributed by atoms with E-state index < -0.39 is 0 Å². The topological polar surface area (TPSA) is 60.2 Å². The van der Waals surface area contributed by atoms with E-state index in [-0.39, 0.29) is 5.78 Å². The molecule has 5 rings (SSSR count). The maximum atomic E-state index is 13.0. The van der Waals surface area contributed by atoms with Crippen LogP contribution < -0.4 is 0 Å². The van der Waals surface area contributed by atoms with E-state index >= 15 is 0 Å². The van der Waals surface area contributed by atoms with Crippen LogP contribution in [0.25, 0.3) is 15.5 Å². The minimum absolute atomic E-state index is 0.0170. The summed E-state index contributed by atoms with van der Waals surface area (Å²) in [5.41, 5.74) is 3.25. The van der Waals surface area contributed by atoms with Crippen molar-refractivity contribution in [2.24, 2.45) is 0 Å². The zero-order chi connectivity index (χ0) is 19.6. The highest BCUT2D eigenvalue weighted by Crippen LogP contribution is 2.30. The fourth-order valence-electron chi connectivity index (χ4n) is 3.27. The molecule has 0 saturated carbocycles. The minimum atomic E-state index is -0.0170. The lowest BCUT2D eigenvalue weighted by atomic mass is 9.99. The number of fused-ring (bicyclic) bond motifs is 1. The smallest absolute Gasteiger partial charge is 0.234 e. The van der Waals surface area contributed by atoms with Gasteiger partial charge < -0.3 is 0 Å². The number of ketones is 1. The van der Waals surface area contributed by atoms with Crippen LogP contribution in [0.3, 0.4) is 0 Å². The van der Waals surface area contributed by atoms with Crippen LogP contribution in [0.2, 0.25) is 0 Å². The molecule has 0 saturated heterocycles. The van der Waals surface area contributed by atoms with E-state index in [2.05, 4.69) is 22.3 Å². The first kappa shape index (κ1) is 17.5. The maximum Gasteiger partial charge on any atom is 0.234 e. The first-order chi connectivity index (χ1) is 14.3. The van der Waals surface area contributed by atoms with E-state index in [0.717, 1.165) is 22.0 Å². The van der Waals surface area contributed by atoms with Gasteiger partial charge in [0.15, 0.2) is 11.6 Å². The van der Waals surface area contributed by atoms with E-state index in [1.54, 1.807) is 4.52 Å². The van der Waals surface area contributed by atoms with Crippen molar-refractivity contribution in [2.75, 3.05) is 0 Å². The minimum Gasteiger partial charge on any atom is -0.289 e. The maximum absolute atomic E-state index is 13.0. The van der Waals surface area contributed by atoms with Crippen molar-refractivity contribution >= 4 is 22.1 Å². The monoisotopic (exact) mass is 396 g/mol. The van der Waals surface area contributed by atoms with Crippen LogP contribution in [-0.4, -0.2) is 25.6 Å². The summed E-state index contributed by atoms with van der Waals surface area (Å²) in [4.78, 5) is 13.8. The molecule has 0 atom stereocenters. The van der Waals surface area contributed by atoms with Gasteiger partial charge >= 0.3 is 0 Å². The normalized spacial score (nSPS) is 11.0. The molecule has 3 aromatic carbocycles. The lowest BCUT2D eigenvalue weighted by Crippen LogP contribution is -2.03. The summed E-state index contributed by atoms with van der Waals surface area (Å²) in [5, 5.41) is 14.0. The molecule has 0 aliphatic carbocycles. The number of carbonyl (C=O) groups is 1. The van der Waals surface area contributed by atoms with Crippen molar-refractivity contribution < 1.29 is 4.79 Å². The molecule has 0 amide bonds. The summed E-state index contributed by atoms with van der Waals surface area (Å²) >= 11 is 1.43. The lowest BCUT2D eigenvalue weighted by molar-refractivity contribution is 0.103. The zero-order valence-electron chi connectivity index (χ0n) is 15.4. The first-order valence-electron chi connectivity index (χ1n) is 9.24. The third-order valence-electron chi connectivity index (χ3n) is 4.70. The van der Waals surface area contributed by atoms with Crippen molar-refractivity contribution in [1.29, 1.82) is 0 Å². The third-order valence-corrected chi connectivity index (χ3v) is 5.63. The molecular weight excluding hydrogens is 380 g/mol. The average Bonchev–Trinajstić information content (AvgIpc) is 3.36. The van der Waals surface area contributed by atoms with Gasteiger partial charge in [-0.1, -0.05) is 96.3 Å². The second-order valence-electron chi connectivity index (χ2n) is 6.62.